The Morgan fingerprint density at radius 3 is 2.92 bits per heavy atom. The molecule has 1 heterocycles. The Balaban J connectivity index is 2.92. The molecule has 2 nitrogen and oxygen atoms in total. The highest BCUT2D eigenvalue weighted by atomic mass is 127. The van der Waals surface area contributed by atoms with Gasteiger partial charge in [0.15, 0.2) is 6.29 Å². The molecule has 1 aromatic carbocycles. The van der Waals surface area contributed by atoms with E-state index >= 15 is 0 Å². The van der Waals surface area contributed by atoms with Crippen molar-refractivity contribution in [2.24, 2.45) is 0 Å². The van der Waals surface area contributed by atoms with Gasteiger partial charge in [-0.25, -0.2) is 0 Å². The van der Waals surface area contributed by atoms with Gasteiger partial charge in [-0.1, -0.05) is 0 Å². The first-order valence-electron chi connectivity index (χ1n) is 3.64. The number of carbonyl (C=O) groups excluding carboxylic acids is 1. The fourth-order valence-corrected chi connectivity index (χ4v) is 3.06. The summed E-state index contributed by atoms with van der Waals surface area (Å²) < 4.78 is 2.14. The largest absolute Gasteiger partial charge is 0.398 e. The third-order valence-electron chi connectivity index (χ3n) is 1.83. The van der Waals surface area contributed by atoms with E-state index in [0.717, 1.165) is 19.9 Å². The number of aldehydes is 1. The van der Waals surface area contributed by atoms with Gasteiger partial charge in [0.1, 0.15) is 0 Å². The van der Waals surface area contributed by atoms with Gasteiger partial charge in [0.25, 0.3) is 0 Å². The average Bonchev–Trinajstić information content (AvgIpc) is 2.46. The van der Waals surface area contributed by atoms with Crippen molar-refractivity contribution in [3.05, 3.63) is 26.6 Å². The van der Waals surface area contributed by atoms with Gasteiger partial charge in [0, 0.05) is 24.6 Å². The summed E-state index contributed by atoms with van der Waals surface area (Å²) in [7, 11) is 0. The number of anilines is 1. The van der Waals surface area contributed by atoms with Crippen LogP contribution in [0.1, 0.15) is 10.4 Å². The molecule has 2 rings (SSSR count). The Morgan fingerprint density at radius 1 is 1.46 bits per heavy atom. The molecule has 0 bridgehead atoms. The second-order valence-corrected chi connectivity index (χ2v) is 4.83. The van der Waals surface area contributed by atoms with Gasteiger partial charge < -0.3 is 5.73 Å². The summed E-state index contributed by atoms with van der Waals surface area (Å²) in [6.45, 7) is 0. The van der Waals surface area contributed by atoms with E-state index in [1.165, 1.54) is 0 Å². The lowest BCUT2D eigenvalue weighted by Gasteiger charge is -1.97. The molecule has 2 N–H and O–H groups in total. The Kier molecular flexibility index (Phi) is 2.25. The van der Waals surface area contributed by atoms with Crippen LogP contribution in [0.5, 0.6) is 0 Å². The molecule has 2 aromatic rings. The number of benzene rings is 1. The number of rotatable bonds is 1. The normalized spacial score (nSPS) is 10.5. The summed E-state index contributed by atoms with van der Waals surface area (Å²) >= 11 is 3.76. The van der Waals surface area contributed by atoms with Crippen molar-refractivity contribution < 1.29 is 4.79 Å². The highest BCUT2D eigenvalue weighted by molar-refractivity contribution is 14.1. The number of halogens is 1. The minimum atomic E-state index is 0.681. The number of fused-ring (bicyclic) bond motifs is 1. The van der Waals surface area contributed by atoms with Crippen molar-refractivity contribution in [3.8, 4) is 0 Å². The van der Waals surface area contributed by atoms with Gasteiger partial charge in [-0.3, -0.25) is 4.79 Å². The number of hydrogen-bond donors (Lipinski definition) is 1. The van der Waals surface area contributed by atoms with Crippen molar-refractivity contribution in [1.82, 2.24) is 0 Å². The average molecular weight is 303 g/mol. The predicted molar refractivity (Wildman–Crippen MR) is 64.3 cm³/mol. The molecule has 4 heteroatoms. The van der Waals surface area contributed by atoms with Crippen molar-refractivity contribution in [1.29, 1.82) is 0 Å². The summed E-state index contributed by atoms with van der Waals surface area (Å²) in [4.78, 5) is 10.8. The molecular formula is C9H6INOS. The zero-order valence-electron chi connectivity index (χ0n) is 6.58. The smallest absolute Gasteiger partial charge is 0.150 e. The van der Waals surface area contributed by atoms with Gasteiger partial charge in [-0.2, -0.15) is 0 Å². The van der Waals surface area contributed by atoms with Crippen LogP contribution in [-0.2, 0) is 0 Å². The standard InChI is InChI=1S/C9H6INOS/c10-6-1-5(3-12)9-7(11)4-13-8(9)2-6/h1-4H,11H2. The molecule has 0 spiro atoms. The fourth-order valence-electron chi connectivity index (χ4n) is 1.28. The lowest BCUT2D eigenvalue weighted by atomic mass is 10.1. The molecule has 13 heavy (non-hydrogen) atoms. The molecule has 0 aliphatic carbocycles. The number of nitrogens with two attached hydrogens (primary N) is 1. The van der Waals surface area contributed by atoms with E-state index in [9.17, 15) is 4.79 Å². The number of carbonyl (C=O) groups is 1. The number of thiophene rings is 1. The first-order valence-corrected chi connectivity index (χ1v) is 5.59. The lowest BCUT2D eigenvalue weighted by Crippen LogP contribution is -1.87. The molecule has 0 fully saturated rings. The molecule has 0 aliphatic heterocycles. The minimum absolute atomic E-state index is 0.681. The Hall–Kier alpha value is -0.620. The van der Waals surface area contributed by atoms with Crippen LogP contribution < -0.4 is 5.73 Å². The molecular weight excluding hydrogens is 297 g/mol. The maximum absolute atomic E-state index is 10.8. The van der Waals surface area contributed by atoms with Crippen LogP contribution in [0.2, 0.25) is 0 Å². The molecule has 0 saturated carbocycles. The Morgan fingerprint density at radius 2 is 2.23 bits per heavy atom. The molecule has 66 valence electrons. The van der Waals surface area contributed by atoms with Gasteiger partial charge in [-0.15, -0.1) is 11.3 Å². The van der Waals surface area contributed by atoms with E-state index in [0.29, 0.717) is 11.3 Å². The first kappa shape index (κ1) is 8.96. The van der Waals surface area contributed by atoms with Crippen LogP contribution in [-0.4, -0.2) is 6.29 Å². The van der Waals surface area contributed by atoms with Crippen LogP contribution in [0.25, 0.3) is 10.1 Å². The minimum Gasteiger partial charge on any atom is -0.398 e. The van der Waals surface area contributed by atoms with Crippen molar-refractivity contribution in [2.75, 3.05) is 5.73 Å². The molecule has 0 radical (unpaired) electrons. The monoisotopic (exact) mass is 303 g/mol. The van der Waals surface area contributed by atoms with Gasteiger partial charge in [0.05, 0.1) is 5.69 Å². The molecule has 0 atom stereocenters. The van der Waals surface area contributed by atoms with Gasteiger partial charge >= 0.3 is 0 Å². The lowest BCUT2D eigenvalue weighted by molar-refractivity contribution is 0.112. The third kappa shape index (κ3) is 1.44. The van der Waals surface area contributed by atoms with Crippen LogP contribution in [0.4, 0.5) is 5.69 Å². The van der Waals surface area contributed by atoms with Crippen LogP contribution in [0.15, 0.2) is 17.5 Å². The van der Waals surface area contributed by atoms with Crippen LogP contribution >= 0.6 is 33.9 Å². The molecule has 0 saturated heterocycles. The quantitative estimate of drug-likeness (QED) is 0.650. The third-order valence-corrected chi connectivity index (χ3v) is 3.40. The molecule has 1 aromatic heterocycles. The van der Waals surface area contributed by atoms with E-state index in [-0.39, 0.29) is 0 Å². The van der Waals surface area contributed by atoms with Crippen molar-refractivity contribution >= 4 is 56.0 Å². The Labute approximate surface area is 92.9 Å². The zero-order valence-corrected chi connectivity index (χ0v) is 9.56. The maximum atomic E-state index is 10.8. The predicted octanol–water partition coefficient (Wildman–Crippen LogP) is 2.90. The Bertz CT molecular complexity index is 478. The van der Waals surface area contributed by atoms with Crippen molar-refractivity contribution in [2.45, 2.75) is 0 Å². The zero-order chi connectivity index (χ0) is 9.42. The number of hydrogen-bond acceptors (Lipinski definition) is 3. The topological polar surface area (TPSA) is 43.1 Å². The molecule has 0 aliphatic rings. The first-order chi connectivity index (χ1) is 6.22. The van der Waals surface area contributed by atoms with Gasteiger partial charge in [0.2, 0.25) is 0 Å². The SMILES string of the molecule is Nc1csc2cc(I)cc(C=O)c12. The van der Waals surface area contributed by atoms with Gasteiger partial charge in [-0.05, 0) is 34.7 Å². The highest BCUT2D eigenvalue weighted by Gasteiger charge is 2.07. The van der Waals surface area contributed by atoms with E-state index in [2.05, 4.69) is 22.6 Å². The summed E-state index contributed by atoms with van der Waals surface area (Å²) in [5.74, 6) is 0. The summed E-state index contributed by atoms with van der Waals surface area (Å²) in [5, 5.41) is 2.76. The summed E-state index contributed by atoms with van der Waals surface area (Å²) in [6.07, 6.45) is 0.855. The fraction of sp³-hybridized carbons (Fsp3) is 0. The highest BCUT2D eigenvalue weighted by Crippen LogP contribution is 2.31. The number of nitrogen functional groups attached to an aromatic ring is 1. The van der Waals surface area contributed by atoms with Crippen LogP contribution in [0.3, 0.4) is 0 Å². The molecule has 0 unspecified atom stereocenters. The van der Waals surface area contributed by atoms with E-state index in [1.807, 2.05) is 17.5 Å². The van der Waals surface area contributed by atoms with Crippen molar-refractivity contribution in [3.63, 3.8) is 0 Å². The second-order valence-electron chi connectivity index (χ2n) is 2.68. The van der Waals surface area contributed by atoms with E-state index < -0.39 is 0 Å². The van der Waals surface area contributed by atoms with E-state index in [4.69, 9.17) is 5.73 Å². The molecule has 0 amide bonds. The summed E-state index contributed by atoms with van der Waals surface area (Å²) in [6, 6.07) is 3.88. The second kappa shape index (κ2) is 3.26. The van der Waals surface area contributed by atoms with E-state index in [1.54, 1.807) is 11.3 Å². The van der Waals surface area contributed by atoms with Crippen LogP contribution in [0, 0.1) is 3.57 Å². The summed E-state index contributed by atoms with van der Waals surface area (Å²) in [5.41, 5.74) is 7.13. The maximum Gasteiger partial charge on any atom is 0.150 e.